The molecule has 1 aliphatic rings. The molecule has 5 aromatic rings. The van der Waals surface area contributed by atoms with Gasteiger partial charge in [-0.1, -0.05) is 34.8 Å². The first-order chi connectivity index (χ1) is 24.0. The summed E-state index contributed by atoms with van der Waals surface area (Å²) in [6.07, 6.45) is -2.36. The van der Waals surface area contributed by atoms with E-state index in [0.717, 1.165) is 40.5 Å². The molecule has 6 N–H and O–H groups in total. The van der Waals surface area contributed by atoms with Gasteiger partial charge in [0.1, 0.15) is 35.7 Å². The lowest BCUT2D eigenvalue weighted by atomic mass is 10.1. The van der Waals surface area contributed by atoms with Crippen molar-refractivity contribution in [2.24, 2.45) is 7.05 Å². The predicted octanol–water partition coefficient (Wildman–Crippen LogP) is 3.86. The van der Waals surface area contributed by atoms with Crippen LogP contribution >= 0.6 is 22.7 Å². The Hall–Kier alpha value is -5.82. The fraction of sp³-hybridized carbons (Fsp3) is 0.219. The van der Waals surface area contributed by atoms with Crippen LogP contribution in [0.4, 0.5) is 13.2 Å². The number of nitrogens with zero attached hydrogens (tertiary/aromatic N) is 2. The third-order valence-electron chi connectivity index (χ3n) is 7.55. The summed E-state index contributed by atoms with van der Waals surface area (Å²) in [4.78, 5) is 69.3. The Morgan fingerprint density at radius 1 is 0.824 bits per heavy atom. The van der Waals surface area contributed by atoms with Gasteiger partial charge in [-0.3, -0.25) is 33.4 Å². The van der Waals surface area contributed by atoms with Gasteiger partial charge >= 0.3 is 18.1 Å². The van der Waals surface area contributed by atoms with E-state index in [1.54, 1.807) is 6.07 Å². The van der Waals surface area contributed by atoms with E-state index in [0.29, 0.717) is 32.9 Å². The molecule has 19 heteroatoms. The van der Waals surface area contributed by atoms with Crippen LogP contribution in [0.1, 0.15) is 50.7 Å². The van der Waals surface area contributed by atoms with E-state index in [2.05, 4.69) is 10.4 Å². The Morgan fingerprint density at radius 2 is 1.31 bits per heavy atom. The van der Waals surface area contributed by atoms with E-state index in [1.807, 2.05) is 17.4 Å². The second-order valence-electron chi connectivity index (χ2n) is 11.2. The van der Waals surface area contributed by atoms with E-state index >= 15 is 0 Å². The monoisotopic (exact) mass is 746 g/mol. The van der Waals surface area contributed by atoms with Gasteiger partial charge < -0.3 is 31.1 Å². The first-order valence-corrected chi connectivity index (χ1v) is 16.3. The molecule has 6 rings (SSSR count). The number of aromatic hydroxyl groups is 2. The van der Waals surface area contributed by atoms with Crippen molar-refractivity contribution in [3.63, 3.8) is 0 Å². The molecule has 2 amide bonds. The molecule has 1 fully saturated rings. The minimum atomic E-state index is -4.62. The number of alkyl halides is 3. The third kappa shape index (κ3) is 7.99. The standard InChI is InChI=1S/C17H12F3N3O5S.C15H13NO5S/c1-23-9(5-11(22-23)17(18,19)20)7-2-3-8-10(4-7)29-16(28)13(14(8)26)15(27)21-6-12(24)25;17-11(18)6-16-14(20)12-13(19)9-4-3-8(7-1-2-7)5-10(9)22-15(12)21/h2-5,26H,6H2,1H3,(H,21,27)(H,24,25);3-5,7,19H,1-2,6H2,(H,16,20)(H,17,18). The number of aliphatic carboxylic acids is 2. The zero-order valence-corrected chi connectivity index (χ0v) is 27.7. The lowest BCUT2D eigenvalue weighted by molar-refractivity contribution is -0.141. The van der Waals surface area contributed by atoms with Crippen molar-refractivity contribution in [1.82, 2.24) is 20.4 Å². The van der Waals surface area contributed by atoms with Crippen molar-refractivity contribution in [2.75, 3.05) is 13.1 Å². The number of hydrogen-bond acceptors (Lipinski definition) is 11. The number of amides is 2. The Kier molecular flexibility index (Phi) is 10.1. The molecular formula is C32H25F3N4O10S2. The summed E-state index contributed by atoms with van der Waals surface area (Å²) < 4.78 is 39.1. The fourth-order valence-corrected chi connectivity index (χ4v) is 6.89. The van der Waals surface area contributed by atoms with Crippen LogP contribution in [0.2, 0.25) is 0 Å². The number of aryl methyl sites for hydroxylation is 1. The first-order valence-electron chi connectivity index (χ1n) is 14.7. The predicted molar refractivity (Wildman–Crippen MR) is 179 cm³/mol. The van der Waals surface area contributed by atoms with Crippen LogP contribution in [-0.2, 0) is 22.8 Å². The number of rotatable bonds is 8. The molecule has 2 aromatic carbocycles. The molecule has 0 bridgehead atoms. The van der Waals surface area contributed by atoms with Crippen LogP contribution in [0.15, 0.2) is 52.1 Å². The van der Waals surface area contributed by atoms with Crippen molar-refractivity contribution in [3.05, 3.63) is 83.9 Å². The number of halogens is 3. The van der Waals surface area contributed by atoms with Gasteiger partial charge in [0.2, 0.25) is 9.48 Å². The zero-order valence-electron chi connectivity index (χ0n) is 26.0. The molecule has 0 spiro atoms. The van der Waals surface area contributed by atoms with Crippen molar-refractivity contribution in [1.29, 1.82) is 0 Å². The molecule has 0 aliphatic heterocycles. The van der Waals surface area contributed by atoms with E-state index in [9.17, 15) is 52.2 Å². The molecule has 266 valence electrons. The minimum absolute atomic E-state index is 0.122. The lowest BCUT2D eigenvalue weighted by Crippen LogP contribution is -2.32. The largest absolute Gasteiger partial charge is 0.506 e. The Morgan fingerprint density at radius 3 is 1.76 bits per heavy atom. The van der Waals surface area contributed by atoms with E-state index in [1.165, 1.54) is 25.2 Å². The quantitative estimate of drug-likeness (QED) is 0.134. The van der Waals surface area contributed by atoms with Crippen LogP contribution in [0.25, 0.3) is 31.4 Å². The molecular weight excluding hydrogens is 721 g/mol. The molecule has 51 heavy (non-hydrogen) atoms. The highest BCUT2D eigenvalue weighted by atomic mass is 32.1. The first kappa shape index (κ1) is 36.5. The highest BCUT2D eigenvalue weighted by molar-refractivity contribution is 7.16. The SMILES string of the molecule is Cn1nc(C(F)(F)F)cc1-c1ccc2c(O)c(C(=O)NCC(=O)O)c(=O)sc2c1.O=C(O)CNC(=O)c1c(O)c2ccc(C3CC3)cc2sc1=O. The molecule has 3 heterocycles. The summed E-state index contributed by atoms with van der Waals surface area (Å²) in [5, 5.41) is 45.8. The van der Waals surface area contributed by atoms with Crippen molar-refractivity contribution < 1.29 is 52.8 Å². The number of carboxylic acid groups (broad SMARTS) is 2. The highest BCUT2D eigenvalue weighted by Gasteiger charge is 2.35. The normalized spacial score (nSPS) is 12.6. The van der Waals surface area contributed by atoms with Gasteiger partial charge in [-0.25, -0.2) is 0 Å². The summed E-state index contributed by atoms with van der Waals surface area (Å²) in [5.41, 5.74) is -0.487. The van der Waals surface area contributed by atoms with Gasteiger partial charge in [0.15, 0.2) is 5.69 Å². The second kappa shape index (κ2) is 14.2. The molecule has 0 radical (unpaired) electrons. The van der Waals surface area contributed by atoms with Crippen LogP contribution in [0.5, 0.6) is 11.5 Å². The summed E-state index contributed by atoms with van der Waals surface area (Å²) in [6, 6.07) is 10.5. The number of carbonyl (C=O) groups is 4. The number of benzene rings is 2. The molecule has 14 nitrogen and oxygen atoms in total. The average Bonchev–Trinajstić information content (AvgIpc) is 3.82. The van der Waals surface area contributed by atoms with Crippen molar-refractivity contribution >= 4 is 66.6 Å². The lowest BCUT2D eigenvalue weighted by Gasteiger charge is -2.08. The summed E-state index contributed by atoms with van der Waals surface area (Å²) in [7, 11) is 1.34. The second-order valence-corrected chi connectivity index (χ2v) is 13.2. The molecule has 1 saturated carbocycles. The van der Waals surface area contributed by atoms with Gasteiger partial charge in [-0.2, -0.15) is 18.3 Å². The highest BCUT2D eigenvalue weighted by Crippen LogP contribution is 2.42. The number of carbonyl (C=O) groups excluding carboxylic acids is 2. The number of nitrogens with one attached hydrogen (secondary N) is 2. The van der Waals surface area contributed by atoms with E-state index < -0.39 is 80.8 Å². The van der Waals surface area contributed by atoms with Gasteiger partial charge in [-0.05, 0) is 54.7 Å². The van der Waals surface area contributed by atoms with Crippen LogP contribution in [0, 0.1) is 0 Å². The fourth-order valence-electron chi connectivity index (χ4n) is 4.98. The van der Waals surface area contributed by atoms with Crippen molar-refractivity contribution in [3.8, 4) is 22.8 Å². The number of hydrogen-bond donors (Lipinski definition) is 6. The maximum absolute atomic E-state index is 12.9. The van der Waals surface area contributed by atoms with Gasteiger partial charge in [0, 0.05) is 32.8 Å². The van der Waals surface area contributed by atoms with Crippen LogP contribution < -0.4 is 20.1 Å². The molecule has 3 aromatic heterocycles. The smallest absolute Gasteiger partial charge is 0.435 e. The molecule has 0 unspecified atom stereocenters. The summed E-state index contributed by atoms with van der Waals surface area (Å²) in [6.45, 7) is -1.34. The topological polar surface area (TPSA) is 225 Å². The summed E-state index contributed by atoms with van der Waals surface area (Å²) >= 11 is 1.48. The Bertz CT molecular complexity index is 2360. The Labute approximate surface area is 291 Å². The molecule has 1 aliphatic carbocycles. The van der Waals surface area contributed by atoms with Crippen LogP contribution in [-0.4, -0.2) is 67.0 Å². The Balaban J connectivity index is 0.000000205. The van der Waals surface area contributed by atoms with Crippen LogP contribution in [0.3, 0.4) is 0 Å². The van der Waals surface area contributed by atoms with Crippen molar-refractivity contribution in [2.45, 2.75) is 24.9 Å². The number of aromatic nitrogens is 2. The van der Waals surface area contributed by atoms with Gasteiger partial charge in [0.25, 0.3) is 11.8 Å². The van der Waals surface area contributed by atoms with E-state index in [-0.39, 0.29) is 15.8 Å². The zero-order chi connectivity index (χ0) is 37.4. The van der Waals surface area contributed by atoms with Gasteiger partial charge in [-0.15, -0.1) is 0 Å². The molecule has 0 saturated heterocycles. The maximum Gasteiger partial charge on any atom is 0.435 e. The third-order valence-corrected chi connectivity index (χ3v) is 9.45. The average molecular weight is 747 g/mol. The minimum Gasteiger partial charge on any atom is -0.506 e. The maximum atomic E-state index is 12.9. The summed E-state index contributed by atoms with van der Waals surface area (Å²) in [5.74, 6) is -4.99. The number of fused-ring (bicyclic) bond motifs is 2. The molecule has 0 atom stereocenters. The van der Waals surface area contributed by atoms with Gasteiger partial charge in [0.05, 0.1) is 5.69 Å². The number of carboxylic acids is 2. The van der Waals surface area contributed by atoms with E-state index in [4.69, 9.17) is 10.2 Å².